The molecule has 1 aliphatic carbocycles. The number of hydrogen-bond acceptors (Lipinski definition) is 3. The van der Waals surface area contributed by atoms with Crippen molar-refractivity contribution in [1.29, 1.82) is 0 Å². The van der Waals surface area contributed by atoms with Gasteiger partial charge in [-0.2, -0.15) is 0 Å². The average molecular weight is 261 g/mol. The number of fused-ring (bicyclic) bond motifs is 1. The zero-order valence-electron chi connectivity index (χ0n) is 10.6. The molecular formula is C15H19NOS. The van der Waals surface area contributed by atoms with Crippen molar-refractivity contribution >= 4 is 11.8 Å². The second-order valence-corrected chi connectivity index (χ2v) is 7.22. The lowest BCUT2D eigenvalue weighted by molar-refractivity contribution is 0.0215. The summed E-state index contributed by atoms with van der Waals surface area (Å²) in [6.45, 7) is 4.38. The Labute approximate surface area is 113 Å². The summed E-state index contributed by atoms with van der Waals surface area (Å²) in [7, 11) is 0. The molecule has 4 rings (SSSR count). The van der Waals surface area contributed by atoms with Gasteiger partial charge < -0.3 is 4.74 Å². The van der Waals surface area contributed by atoms with Crippen LogP contribution in [0.15, 0.2) is 30.3 Å². The van der Waals surface area contributed by atoms with Crippen molar-refractivity contribution in [3.8, 4) is 0 Å². The maximum absolute atomic E-state index is 6.17. The minimum Gasteiger partial charge on any atom is -0.361 e. The van der Waals surface area contributed by atoms with Gasteiger partial charge >= 0.3 is 0 Å². The molecule has 0 aromatic heterocycles. The van der Waals surface area contributed by atoms with E-state index < -0.39 is 0 Å². The van der Waals surface area contributed by atoms with E-state index in [1.165, 1.54) is 30.7 Å². The molecule has 18 heavy (non-hydrogen) atoms. The standard InChI is InChI=1S/C15H19NOS/c1-2-4-13(5-3-1)10-16-11-14(6-7-14)15(12-16)17-8-9-18-15/h1-5H,6-12H2. The molecule has 1 aromatic carbocycles. The molecular weight excluding hydrogens is 242 g/mol. The Kier molecular flexibility index (Phi) is 2.51. The van der Waals surface area contributed by atoms with E-state index >= 15 is 0 Å². The molecule has 3 fully saturated rings. The molecule has 2 heterocycles. The number of likely N-dealkylation sites (tertiary alicyclic amines) is 1. The van der Waals surface area contributed by atoms with Crippen molar-refractivity contribution in [2.75, 3.05) is 25.4 Å². The lowest BCUT2D eigenvalue weighted by Crippen LogP contribution is -2.35. The second-order valence-electron chi connectivity index (χ2n) is 5.86. The largest absolute Gasteiger partial charge is 0.361 e. The Morgan fingerprint density at radius 3 is 2.67 bits per heavy atom. The fraction of sp³-hybridized carbons (Fsp3) is 0.600. The zero-order chi connectivity index (χ0) is 12.1. The molecule has 1 saturated carbocycles. The highest BCUT2D eigenvalue weighted by Crippen LogP contribution is 2.65. The molecule has 96 valence electrons. The molecule has 1 atom stereocenters. The molecule has 0 N–H and O–H groups in total. The Bertz CT molecular complexity index is 437. The molecule has 0 amide bonds. The van der Waals surface area contributed by atoms with Crippen LogP contribution in [0.5, 0.6) is 0 Å². The maximum Gasteiger partial charge on any atom is 0.133 e. The number of rotatable bonds is 2. The summed E-state index contributed by atoms with van der Waals surface area (Å²) in [6, 6.07) is 10.8. The molecule has 2 aliphatic heterocycles. The summed E-state index contributed by atoms with van der Waals surface area (Å²) >= 11 is 2.07. The van der Waals surface area contributed by atoms with Crippen molar-refractivity contribution in [1.82, 2.24) is 4.90 Å². The third kappa shape index (κ3) is 1.64. The summed E-state index contributed by atoms with van der Waals surface area (Å²) in [5.41, 5.74) is 1.91. The average Bonchev–Trinajstić information content (AvgIpc) is 2.91. The first-order valence-electron chi connectivity index (χ1n) is 6.86. The van der Waals surface area contributed by atoms with Gasteiger partial charge in [0.1, 0.15) is 4.93 Å². The normalized spacial score (nSPS) is 33.6. The predicted molar refractivity (Wildman–Crippen MR) is 74.5 cm³/mol. The topological polar surface area (TPSA) is 12.5 Å². The predicted octanol–water partition coefficient (Wildman–Crippen LogP) is 2.74. The van der Waals surface area contributed by atoms with Gasteiger partial charge in [0, 0.05) is 30.8 Å². The van der Waals surface area contributed by atoms with E-state index in [0.717, 1.165) is 19.7 Å². The first-order valence-corrected chi connectivity index (χ1v) is 7.85. The van der Waals surface area contributed by atoms with E-state index in [2.05, 4.69) is 47.0 Å². The van der Waals surface area contributed by atoms with Gasteiger partial charge in [0.25, 0.3) is 0 Å². The molecule has 1 aromatic rings. The lowest BCUT2D eigenvalue weighted by atomic mass is 10.0. The van der Waals surface area contributed by atoms with E-state index in [-0.39, 0.29) is 4.93 Å². The molecule has 3 aliphatic rings. The molecule has 2 saturated heterocycles. The number of ether oxygens (including phenoxy) is 1. The third-order valence-corrected chi connectivity index (χ3v) is 6.14. The minimum absolute atomic E-state index is 0.141. The van der Waals surface area contributed by atoms with Gasteiger partial charge in [-0.3, -0.25) is 4.90 Å². The van der Waals surface area contributed by atoms with Crippen LogP contribution in [0.3, 0.4) is 0 Å². The fourth-order valence-corrected chi connectivity index (χ4v) is 5.07. The summed E-state index contributed by atoms with van der Waals surface area (Å²) in [5, 5.41) is 0. The Hall–Kier alpha value is -0.510. The number of thioether (sulfide) groups is 1. The SMILES string of the molecule is c1ccc(CN2CC3(CC3)C3(C2)OCCS3)cc1. The van der Waals surface area contributed by atoms with Crippen LogP contribution in [0.4, 0.5) is 0 Å². The smallest absolute Gasteiger partial charge is 0.133 e. The van der Waals surface area contributed by atoms with Gasteiger partial charge in [0.05, 0.1) is 6.61 Å². The third-order valence-electron chi connectivity index (χ3n) is 4.62. The van der Waals surface area contributed by atoms with Crippen LogP contribution in [0, 0.1) is 5.41 Å². The molecule has 0 radical (unpaired) electrons. The van der Waals surface area contributed by atoms with Gasteiger partial charge in [-0.15, -0.1) is 11.8 Å². The Morgan fingerprint density at radius 1 is 1.17 bits per heavy atom. The minimum atomic E-state index is 0.141. The summed E-state index contributed by atoms with van der Waals surface area (Å²) < 4.78 is 6.17. The van der Waals surface area contributed by atoms with Crippen molar-refractivity contribution in [2.45, 2.75) is 24.3 Å². The van der Waals surface area contributed by atoms with Crippen molar-refractivity contribution in [3.63, 3.8) is 0 Å². The van der Waals surface area contributed by atoms with Crippen LogP contribution >= 0.6 is 11.8 Å². The van der Waals surface area contributed by atoms with Gasteiger partial charge in [0.2, 0.25) is 0 Å². The van der Waals surface area contributed by atoms with E-state index in [9.17, 15) is 0 Å². The van der Waals surface area contributed by atoms with Gasteiger partial charge in [-0.1, -0.05) is 30.3 Å². The fourth-order valence-electron chi connectivity index (χ4n) is 3.56. The summed E-state index contributed by atoms with van der Waals surface area (Å²) in [5.74, 6) is 1.18. The highest BCUT2D eigenvalue weighted by Gasteiger charge is 2.66. The second kappa shape index (κ2) is 3.99. The van der Waals surface area contributed by atoms with Crippen molar-refractivity contribution in [3.05, 3.63) is 35.9 Å². The molecule has 2 spiro atoms. The van der Waals surface area contributed by atoms with E-state index in [4.69, 9.17) is 4.74 Å². The van der Waals surface area contributed by atoms with Crippen molar-refractivity contribution < 1.29 is 4.74 Å². The number of benzene rings is 1. The van der Waals surface area contributed by atoms with Crippen LogP contribution < -0.4 is 0 Å². The Balaban J connectivity index is 1.52. The van der Waals surface area contributed by atoms with Crippen molar-refractivity contribution in [2.24, 2.45) is 5.41 Å². The summed E-state index contributed by atoms with van der Waals surface area (Å²) in [6.07, 6.45) is 2.73. The molecule has 2 nitrogen and oxygen atoms in total. The van der Waals surface area contributed by atoms with Crippen LogP contribution in [0.25, 0.3) is 0 Å². The van der Waals surface area contributed by atoms with Gasteiger partial charge in [0.15, 0.2) is 0 Å². The quantitative estimate of drug-likeness (QED) is 0.812. The van der Waals surface area contributed by atoms with Crippen LogP contribution in [-0.2, 0) is 11.3 Å². The summed E-state index contributed by atoms with van der Waals surface area (Å²) in [4.78, 5) is 2.74. The van der Waals surface area contributed by atoms with E-state index in [1.54, 1.807) is 0 Å². The Morgan fingerprint density at radius 2 is 2.00 bits per heavy atom. The van der Waals surface area contributed by atoms with E-state index in [1.807, 2.05) is 0 Å². The number of nitrogens with zero attached hydrogens (tertiary/aromatic N) is 1. The molecule has 0 bridgehead atoms. The zero-order valence-corrected chi connectivity index (χ0v) is 11.4. The lowest BCUT2D eigenvalue weighted by Gasteiger charge is -2.28. The first-order chi connectivity index (χ1) is 8.82. The monoisotopic (exact) mass is 261 g/mol. The number of hydrogen-bond donors (Lipinski definition) is 0. The van der Waals surface area contributed by atoms with E-state index in [0.29, 0.717) is 5.41 Å². The van der Waals surface area contributed by atoms with Gasteiger partial charge in [-0.05, 0) is 18.4 Å². The molecule has 1 unspecified atom stereocenters. The highest BCUT2D eigenvalue weighted by molar-refractivity contribution is 8.00. The van der Waals surface area contributed by atoms with Crippen LogP contribution in [-0.4, -0.2) is 35.3 Å². The maximum atomic E-state index is 6.17. The first kappa shape index (κ1) is 11.3. The molecule has 3 heteroatoms. The highest BCUT2D eigenvalue weighted by atomic mass is 32.2. The van der Waals surface area contributed by atoms with Gasteiger partial charge in [-0.25, -0.2) is 0 Å². The van der Waals surface area contributed by atoms with Crippen LogP contribution in [0.2, 0.25) is 0 Å². The van der Waals surface area contributed by atoms with Crippen LogP contribution in [0.1, 0.15) is 18.4 Å².